The van der Waals surface area contributed by atoms with Crippen LogP contribution >= 0.6 is 0 Å². The number of aliphatic hydroxyl groups is 1. The fourth-order valence-electron chi connectivity index (χ4n) is 1.20. The summed E-state index contributed by atoms with van der Waals surface area (Å²) in [4.78, 5) is 42.3. The van der Waals surface area contributed by atoms with Crippen LogP contribution in [0, 0.1) is 0 Å². The van der Waals surface area contributed by atoms with Crippen molar-refractivity contribution in [3.63, 3.8) is 0 Å². The van der Waals surface area contributed by atoms with Crippen LogP contribution in [-0.4, -0.2) is 67.6 Å². The van der Waals surface area contributed by atoms with Crippen molar-refractivity contribution in [1.29, 1.82) is 0 Å². The fraction of sp³-hybridized carbons (Fsp3) is 0.556. The fourth-order valence-corrected chi connectivity index (χ4v) is 1.20. The highest BCUT2D eigenvalue weighted by atomic mass is 16.4. The molecule has 0 spiro atoms. The highest BCUT2D eigenvalue weighted by molar-refractivity contribution is 5.82. The van der Waals surface area contributed by atoms with Crippen LogP contribution in [-0.2, 0) is 19.2 Å². The van der Waals surface area contributed by atoms with Crippen molar-refractivity contribution >= 4 is 23.9 Å². The quantitative estimate of drug-likeness (QED) is 0.270. The zero-order valence-corrected chi connectivity index (χ0v) is 9.52. The number of nitrogens with one attached hydrogen (secondary N) is 1. The summed E-state index contributed by atoms with van der Waals surface area (Å²) >= 11 is 0. The zero-order chi connectivity index (χ0) is 15.2. The highest BCUT2D eigenvalue weighted by Gasteiger charge is 2.31. The molecule has 0 saturated heterocycles. The summed E-state index contributed by atoms with van der Waals surface area (Å²) in [6, 6.07) is -3.41. The standard InChI is InChI=1S/C9H13NO9/c11-5(9(18)19)1-3(7(14)15)10-4(8(16)17)2-6(12)13/h3-5,10-11H,1-2H2,(H,12,13)(H,14,15)(H,16,17)(H,18,19). The first-order valence-electron chi connectivity index (χ1n) is 4.99. The van der Waals surface area contributed by atoms with E-state index in [1.54, 1.807) is 0 Å². The van der Waals surface area contributed by atoms with E-state index in [4.69, 9.17) is 25.5 Å². The van der Waals surface area contributed by atoms with Crippen LogP contribution in [0.15, 0.2) is 0 Å². The van der Waals surface area contributed by atoms with Crippen molar-refractivity contribution in [2.75, 3.05) is 0 Å². The van der Waals surface area contributed by atoms with Gasteiger partial charge in [0.2, 0.25) is 0 Å². The maximum atomic E-state index is 10.8. The number of rotatable bonds is 9. The normalized spacial score (nSPS) is 15.2. The Bertz CT molecular complexity index is 380. The number of carbonyl (C=O) groups is 4. The van der Waals surface area contributed by atoms with E-state index in [9.17, 15) is 19.2 Å². The number of aliphatic carboxylic acids is 4. The van der Waals surface area contributed by atoms with Gasteiger partial charge in [0.05, 0.1) is 6.42 Å². The second kappa shape index (κ2) is 7.28. The van der Waals surface area contributed by atoms with E-state index in [-0.39, 0.29) is 0 Å². The lowest BCUT2D eigenvalue weighted by molar-refractivity contribution is -0.150. The van der Waals surface area contributed by atoms with Gasteiger partial charge in [-0.25, -0.2) is 4.79 Å². The summed E-state index contributed by atoms with van der Waals surface area (Å²) in [7, 11) is 0. The summed E-state index contributed by atoms with van der Waals surface area (Å²) in [5, 5.41) is 45.3. The minimum absolute atomic E-state index is 0.798. The lowest BCUT2D eigenvalue weighted by Gasteiger charge is -2.20. The smallest absolute Gasteiger partial charge is 0.332 e. The largest absolute Gasteiger partial charge is 0.481 e. The molecular weight excluding hydrogens is 266 g/mol. The first-order valence-corrected chi connectivity index (χ1v) is 4.99. The van der Waals surface area contributed by atoms with Gasteiger partial charge in [-0.2, -0.15) is 0 Å². The number of hydrogen-bond donors (Lipinski definition) is 6. The Morgan fingerprint density at radius 3 is 1.63 bits per heavy atom. The lowest BCUT2D eigenvalue weighted by atomic mass is 10.1. The van der Waals surface area contributed by atoms with E-state index in [1.807, 2.05) is 5.32 Å². The number of carboxylic acids is 4. The molecule has 10 heteroatoms. The van der Waals surface area contributed by atoms with E-state index in [0.29, 0.717) is 0 Å². The minimum atomic E-state index is -2.01. The third kappa shape index (κ3) is 6.33. The Hall–Kier alpha value is -2.20. The molecule has 0 aromatic carbocycles. The van der Waals surface area contributed by atoms with Crippen LogP contribution < -0.4 is 5.32 Å². The van der Waals surface area contributed by atoms with Gasteiger partial charge in [0, 0.05) is 6.42 Å². The van der Waals surface area contributed by atoms with Crippen LogP contribution in [0.2, 0.25) is 0 Å². The molecule has 0 aliphatic rings. The third-order valence-electron chi connectivity index (χ3n) is 2.12. The Morgan fingerprint density at radius 2 is 1.32 bits per heavy atom. The average molecular weight is 279 g/mol. The molecule has 108 valence electrons. The molecule has 0 heterocycles. The molecule has 0 aromatic rings. The Morgan fingerprint density at radius 1 is 0.842 bits per heavy atom. The van der Waals surface area contributed by atoms with Gasteiger partial charge in [0.15, 0.2) is 6.10 Å². The first-order chi connectivity index (χ1) is 8.65. The maximum Gasteiger partial charge on any atom is 0.332 e. The zero-order valence-electron chi connectivity index (χ0n) is 9.52. The van der Waals surface area contributed by atoms with E-state index in [2.05, 4.69) is 0 Å². The van der Waals surface area contributed by atoms with Crippen LogP contribution in [0.25, 0.3) is 0 Å². The van der Waals surface area contributed by atoms with Crippen LogP contribution in [0.5, 0.6) is 0 Å². The molecular formula is C9H13NO9. The van der Waals surface area contributed by atoms with E-state index in [0.717, 1.165) is 0 Å². The topological polar surface area (TPSA) is 181 Å². The van der Waals surface area contributed by atoms with Crippen LogP contribution in [0.1, 0.15) is 12.8 Å². The van der Waals surface area contributed by atoms with Gasteiger partial charge in [0.25, 0.3) is 0 Å². The van der Waals surface area contributed by atoms with Crippen LogP contribution in [0.3, 0.4) is 0 Å². The molecule has 0 radical (unpaired) electrons. The Labute approximate surface area is 106 Å². The van der Waals surface area contributed by atoms with E-state index in [1.165, 1.54) is 0 Å². The molecule has 6 N–H and O–H groups in total. The summed E-state index contributed by atoms with van der Waals surface area (Å²) in [6.07, 6.45) is -3.69. The molecule has 0 bridgehead atoms. The molecule has 10 nitrogen and oxygen atoms in total. The predicted molar refractivity (Wildman–Crippen MR) is 56.5 cm³/mol. The monoisotopic (exact) mass is 279 g/mol. The second-order valence-electron chi connectivity index (χ2n) is 3.64. The SMILES string of the molecule is O=C(O)CC(NC(CC(O)C(=O)O)C(=O)O)C(=O)O. The molecule has 0 aliphatic carbocycles. The Kier molecular flexibility index (Phi) is 6.44. The van der Waals surface area contributed by atoms with Crippen molar-refractivity contribution in [2.24, 2.45) is 0 Å². The Balaban J connectivity index is 4.79. The van der Waals surface area contributed by atoms with Crippen molar-refractivity contribution < 1.29 is 44.7 Å². The number of hydrogen-bond acceptors (Lipinski definition) is 6. The molecule has 0 aromatic heterocycles. The van der Waals surface area contributed by atoms with Gasteiger partial charge >= 0.3 is 23.9 Å². The van der Waals surface area contributed by atoms with Crippen molar-refractivity contribution in [1.82, 2.24) is 5.32 Å². The molecule has 0 fully saturated rings. The van der Waals surface area contributed by atoms with Gasteiger partial charge in [-0.15, -0.1) is 0 Å². The average Bonchev–Trinajstić information content (AvgIpc) is 2.25. The molecule has 3 unspecified atom stereocenters. The summed E-state index contributed by atoms with van der Waals surface area (Å²) < 4.78 is 0. The number of aliphatic hydroxyl groups excluding tert-OH is 1. The lowest BCUT2D eigenvalue weighted by Crippen LogP contribution is -2.50. The molecule has 0 amide bonds. The van der Waals surface area contributed by atoms with Crippen LogP contribution in [0.4, 0.5) is 0 Å². The molecule has 3 atom stereocenters. The molecule has 0 aliphatic heterocycles. The number of carboxylic acid groups (broad SMARTS) is 4. The first kappa shape index (κ1) is 16.8. The minimum Gasteiger partial charge on any atom is -0.481 e. The van der Waals surface area contributed by atoms with Gasteiger partial charge in [-0.3, -0.25) is 19.7 Å². The van der Waals surface area contributed by atoms with Gasteiger partial charge in [0.1, 0.15) is 12.1 Å². The molecule has 19 heavy (non-hydrogen) atoms. The van der Waals surface area contributed by atoms with Gasteiger partial charge < -0.3 is 25.5 Å². The molecule has 0 saturated carbocycles. The maximum absolute atomic E-state index is 10.8. The second-order valence-corrected chi connectivity index (χ2v) is 3.64. The van der Waals surface area contributed by atoms with Crippen molar-refractivity contribution in [3.8, 4) is 0 Å². The predicted octanol–water partition coefficient (Wildman–Crippen LogP) is -2.21. The summed E-state index contributed by atoms with van der Waals surface area (Å²) in [5.74, 6) is -6.34. The van der Waals surface area contributed by atoms with Gasteiger partial charge in [-0.05, 0) is 0 Å². The summed E-state index contributed by atoms with van der Waals surface area (Å²) in [6.45, 7) is 0. The van der Waals surface area contributed by atoms with Crippen molar-refractivity contribution in [3.05, 3.63) is 0 Å². The highest BCUT2D eigenvalue weighted by Crippen LogP contribution is 2.03. The van der Waals surface area contributed by atoms with E-state index >= 15 is 0 Å². The van der Waals surface area contributed by atoms with E-state index < -0.39 is 54.9 Å². The molecule has 0 rings (SSSR count). The summed E-state index contributed by atoms with van der Waals surface area (Å²) in [5.41, 5.74) is 0. The van der Waals surface area contributed by atoms with Gasteiger partial charge in [-0.1, -0.05) is 0 Å². The third-order valence-corrected chi connectivity index (χ3v) is 2.12. The van der Waals surface area contributed by atoms with Crippen molar-refractivity contribution in [2.45, 2.75) is 31.0 Å².